The summed E-state index contributed by atoms with van der Waals surface area (Å²) in [6, 6.07) is -0.710. The number of esters is 1. The highest BCUT2D eigenvalue weighted by Crippen LogP contribution is 2.18. The van der Waals surface area contributed by atoms with Crippen LogP contribution in [0.25, 0.3) is 0 Å². The molecule has 0 aliphatic heterocycles. The van der Waals surface area contributed by atoms with Crippen molar-refractivity contribution in [3.63, 3.8) is 0 Å². The first-order chi connectivity index (χ1) is 30.0. The molecule has 0 spiro atoms. The molecule has 0 heterocycles. The monoisotopic (exact) mass is 856 g/mol. The third kappa shape index (κ3) is 44.2. The maximum Gasteiger partial charge on any atom is 0.306 e. The van der Waals surface area contributed by atoms with Gasteiger partial charge in [-0.1, -0.05) is 217 Å². The van der Waals surface area contributed by atoms with Gasteiger partial charge in [0.05, 0.1) is 25.2 Å². The number of aliphatic hydroxyl groups is 2. The predicted molar refractivity (Wildman–Crippen MR) is 264 cm³/mol. The third-order valence-electron chi connectivity index (χ3n) is 11.9. The Morgan fingerprint density at radius 2 is 0.885 bits per heavy atom. The Hall–Kier alpha value is -2.18. The summed E-state index contributed by atoms with van der Waals surface area (Å²) < 4.78 is 5.92. The van der Waals surface area contributed by atoms with E-state index in [-0.39, 0.29) is 24.9 Å². The lowest BCUT2D eigenvalue weighted by atomic mass is 10.0. The number of ether oxygens (including phenoxy) is 1. The van der Waals surface area contributed by atoms with Crippen LogP contribution < -0.4 is 5.32 Å². The molecule has 0 saturated heterocycles. The average molecular weight is 856 g/mol. The summed E-state index contributed by atoms with van der Waals surface area (Å²) in [6.45, 7) is 6.35. The molecule has 0 bridgehead atoms. The third-order valence-corrected chi connectivity index (χ3v) is 11.9. The summed E-state index contributed by atoms with van der Waals surface area (Å²) in [5, 5.41) is 23.8. The zero-order valence-corrected chi connectivity index (χ0v) is 40.5. The van der Waals surface area contributed by atoms with Crippen molar-refractivity contribution in [3.8, 4) is 0 Å². The quantitative estimate of drug-likeness (QED) is 0.0322. The number of rotatable bonds is 47. The minimum atomic E-state index is -0.795. The van der Waals surface area contributed by atoms with Gasteiger partial charge < -0.3 is 20.3 Å². The van der Waals surface area contributed by atoms with Gasteiger partial charge in [-0.05, 0) is 83.5 Å². The fourth-order valence-corrected chi connectivity index (χ4v) is 7.91. The van der Waals surface area contributed by atoms with E-state index in [9.17, 15) is 19.8 Å². The highest BCUT2D eigenvalue weighted by atomic mass is 16.5. The SMILES string of the molecule is CC/C=C/C/C=C/C/C=C/CCCCCCC(CC(=O)NC(CO)C(O)CCCCCCCCCCCCCCCCCC)OC(=O)CCCCCCC/C=C\CCCCC. The summed E-state index contributed by atoms with van der Waals surface area (Å²) in [6.07, 6.45) is 58.8. The second-order valence-corrected chi connectivity index (χ2v) is 17.9. The normalized spacial score (nSPS) is 13.6. The topological polar surface area (TPSA) is 95.9 Å². The lowest BCUT2D eigenvalue weighted by molar-refractivity contribution is -0.151. The van der Waals surface area contributed by atoms with Crippen molar-refractivity contribution in [2.24, 2.45) is 0 Å². The van der Waals surface area contributed by atoms with E-state index in [1.54, 1.807) is 0 Å². The summed E-state index contributed by atoms with van der Waals surface area (Å²) >= 11 is 0. The molecule has 6 nitrogen and oxygen atoms in total. The molecule has 3 unspecified atom stereocenters. The van der Waals surface area contributed by atoms with E-state index in [0.29, 0.717) is 19.3 Å². The number of nitrogens with one attached hydrogen (secondary N) is 1. The number of allylic oxidation sites excluding steroid dienone is 8. The van der Waals surface area contributed by atoms with Gasteiger partial charge in [0.15, 0.2) is 0 Å². The van der Waals surface area contributed by atoms with Crippen LogP contribution in [0.5, 0.6) is 0 Å². The second-order valence-electron chi connectivity index (χ2n) is 17.9. The Labute approximate surface area is 378 Å². The average Bonchev–Trinajstić information content (AvgIpc) is 3.25. The number of carbonyl (C=O) groups excluding carboxylic acids is 2. The lowest BCUT2D eigenvalue weighted by Crippen LogP contribution is -2.46. The maximum absolute atomic E-state index is 13.2. The van der Waals surface area contributed by atoms with E-state index in [0.717, 1.165) is 96.3 Å². The Bertz CT molecular complexity index is 1050. The van der Waals surface area contributed by atoms with E-state index in [1.165, 1.54) is 122 Å². The predicted octanol–water partition coefficient (Wildman–Crippen LogP) is 15.8. The molecule has 0 aliphatic rings. The Balaban J connectivity index is 4.56. The van der Waals surface area contributed by atoms with E-state index in [1.807, 2.05) is 0 Å². The van der Waals surface area contributed by atoms with E-state index in [4.69, 9.17) is 4.74 Å². The van der Waals surface area contributed by atoms with Gasteiger partial charge in [-0.2, -0.15) is 0 Å². The van der Waals surface area contributed by atoms with Gasteiger partial charge in [0.25, 0.3) is 0 Å². The van der Waals surface area contributed by atoms with Gasteiger partial charge in [0.2, 0.25) is 5.91 Å². The smallest absolute Gasteiger partial charge is 0.306 e. The standard InChI is InChI=1S/C55H101NO5/c1-4-7-10-13-16-19-22-25-27-28-30-32-35-38-41-44-47-53(58)52(50-57)56-54(59)49-51(46-43-40-37-34-31-29-26-23-20-17-14-11-8-5-2)61-55(60)48-45-42-39-36-33-24-21-18-15-12-9-6-3/h8,11,17-18,20-21,26,29,51-53,57-58H,4-7,9-10,12-16,19,22-25,27-28,30-50H2,1-3H3,(H,56,59)/b11-8+,20-17+,21-18-,29-26+. The first kappa shape index (κ1) is 58.8. The van der Waals surface area contributed by atoms with Crippen LogP contribution in [-0.4, -0.2) is 46.9 Å². The van der Waals surface area contributed by atoms with Crippen molar-refractivity contribution < 1.29 is 24.5 Å². The van der Waals surface area contributed by atoms with Crippen molar-refractivity contribution in [1.29, 1.82) is 0 Å². The van der Waals surface area contributed by atoms with Crippen LogP contribution in [0.15, 0.2) is 48.6 Å². The summed E-state index contributed by atoms with van der Waals surface area (Å²) in [5.74, 6) is -0.501. The molecule has 0 aromatic carbocycles. The summed E-state index contributed by atoms with van der Waals surface area (Å²) in [5.41, 5.74) is 0. The highest BCUT2D eigenvalue weighted by Gasteiger charge is 2.24. The van der Waals surface area contributed by atoms with Crippen LogP contribution in [0.3, 0.4) is 0 Å². The van der Waals surface area contributed by atoms with Crippen LogP contribution in [-0.2, 0) is 14.3 Å². The zero-order chi connectivity index (χ0) is 44.5. The molecule has 0 aliphatic carbocycles. The summed E-state index contributed by atoms with van der Waals surface area (Å²) in [4.78, 5) is 26.1. The molecule has 0 radical (unpaired) electrons. The molecule has 0 rings (SSSR count). The van der Waals surface area contributed by atoms with Crippen LogP contribution >= 0.6 is 0 Å². The summed E-state index contributed by atoms with van der Waals surface area (Å²) in [7, 11) is 0. The van der Waals surface area contributed by atoms with E-state index >= 15 is 0 Å². The molecule has 0 fully saturated rings. The minimum Gasteiger partial charge on any atom is -0.462 e. The van der Waals surface area contributed by atoms with Gasteiger partial charge in [-0.3, -0.25) is 9.59 Å². The highest BCUT2D eigenvalue weighted by molar-refractivity contribution is 5.77. The first-order valence-electron chi connectivity index (χ1n) is 26.4. The minimum absolute atomic E-state index is 0.0600. The first-order valence-corrected chi connectivity index (χ1v) is 26.4. The fraction of sp³-hybridized carbons (Fsp3) is 0.818. The molecular weight excluding hydrogens is 755 g/mol. The molecule has 0 aromatic rings. The molecule has 6 heteroatoms. The molecule has 0 aromatic heterocycles. The van der Waals surface area contributed by atoms with Gasteiger partial charge in [-0.25, -0.2) is 0 Å². The Morgan fingerprint density at radius 3 is 1.39 bits per heavy atom. The van der Waals surface area contributed by atoms with Gasteiger partial charge in [-0.15, -0.1) is 0 Å². The number of hydrogen-bond acceptors (Lipinski definition) is 5. The number of aliphatic hydroxyl groups excluding tert-OH is 2. The largest absolute Gasteiger partial charge is 0.462 e. The lowest BCUT2D eigenvalue weighted by Gasteiger charge is -2.24. The number of hydrogen-bond donors (Lipinski definition) is 3. The number of unbranched alkanes of at least 4 members (excludes halogenated alkanes) is 27. The molecule has 3 N–H and O–H groups in total. The maximum atomic E-state index is 13.2. The second kappa shape index (κ2) is 48.8. The number of carbonyl (C=O) groups is 2. The van der Waals surface area contributed by atoms with Crippen LogP contribution in [0.2, 0.25) is 0 Å². The van der Waals surface area contributed by atoms with Crippen LogP contribution in [0.1, 0.15) is 265 Å². The van der Waals surface area contributed by atoms with Crippen molar-refractivity contribution >= 4 is 11.9 Å². The van der Waals surface area contributed by atoms with E-state index in [2.05, 4.69) is 74.7 Å². The number of amides is 1. The van der Waals surface area contributed by atoms with Crippen LogP contribution in [0.4, 0.5) is 0 Å². The van der Waals surface area contributed by atoms with Crippen molar-refractivity contribution in [2.45, 2.75) is 283 Å². The molecule has 356 valence electrons. The Kier molecular flexibility index (Phi) is 47.1. The molecule has 61 heavy (non-hydrogen) atoms. The fourth-order valence-electron chi connectivity index (χ4n) is 7.91. The molecule has 0 saturated carbocycles. The van der Waals surface area contributed by atoms with E-state index < -0.39 is 18.2 Å². The van der Waals surface area contributed by atoms with Crippen molar-refractivity contribution in [3.05, 3.63) is 48.6 Å². The molecular formula is C55H101NO5. The van der Waals surface area contributed by atoms with Gasteiger partial charge >= 0.3 is 5.97 Å². The van der Waals surface area contributed by atoms with Gasteiger partial charge in [0, 0.05) is 6.42 Å². The zero-order valence-electron chi connectivity index (χ0n) is 40.5. The molecule has 1 amide bonds. The Morgan fingerprint density at radius 1 is 0.492 bits per heavy atom. The van der Waals surface area contributed by atoms with Crippen molar-refractivity contribution in [2.75, 3.05) is 6.61 Å². The van der Waals surface area contributed by atoms with Gasteiger partial charge in [0.1, 0.15) is 6.10 Å². The van der Waals surface area contributed by atoms with Crippen molar-refractivity contribution in [1.82, 2.24) is 5.32 Å². The molecule has 3 atom stereocenters. The van der Waals surface area contributed by atoms with Crippen LogP contribution in [0, 0.1) is 0 Å².